The van der Waals surface area contributed by atoms with Crippen LogP contribution in [0.15, 0.2) is 18.2 Å². The summed E-state index contributed by atoms with van der Waals surface area (Å²) in [6.07, 6.45) is -1.05. The Balaban J connectivity index is 1.61. The van der Waals surface area contributed by atoms with Gasteiger partial charge in [0.15, 0.2) is 5.11 Å². The minimum absolute atomic E-state index is 0.0929. The van der Waals surface area contributed by atoms with E-state index in [9.17, 15) is 5.11 Å². The molecule has 3 N–H and O–H groups in total. The largest absolute Gasteiger partial charge is 0.497 e. The minimum Gasteiger partial charge on any atom is -0.497 e. The van der Waals surface area contributed by atoms with Crippen LogP contribution >= 0.6 is 12.2 Å². The molecule has 0 aliphatic carbocycles. The Kier molecular flexibility index (Phi) is 4.86. The first-order valence-corrected chi connectivity index (χ1v) is 7.73. The molecule has 2 heterocycles. The second-order valence-corrected chi connectivity index (χ2v) is 5.88. The lowest BCUT2D eigenvalue weighted by Crippen LogP contribution is -2.45. The van der Waals surface area contributed by atoms with Crippen LogP contribution in [-0.4, -0.2) is 62.0 Å². The highest BCUT2D eigenvalue weighted by Gasteiger charge is 2.47. The lowest BCUT2D eigenvalue weighted by Gasteiger charge is -2.20. The smallest absolute Gasteiger partial charge is 0.171 e. The van der Waals surface area contributed by atoms with Crippen LogP contribution in [0.5, 0.6) is 11.5 Å². The van der Waals surface area contributed by atoms with E-state index in [1.165, 1.54) is 0 Å². The average molecular weight is 340 g/mol. The van der Waals surface area contributed by atoms with Gasteiger partial charge in [-0.15, -0.1) is 0 Å². The summed E-state index contributed by atoms with van der Waals surface area (Å²) in [5.41, 5.74) is 0.751. The summed E-state index contributed by atoms with van der Waals surface area (Å²) in [5, 5.41) is 16.5. The molecule has 2 fully saturated rings. The van der Waals surface area contributed by atoms with E-state index in [1.54, 1.807) is 20.3 Å². The molecule has 2 aliphatic rings. The Morgan fingerprint density at radius 3 is 2.43 bits per heavy atom. The van der Waals surface area contributed by atoms with Gasteiger partial charge in [0, 0.05) is 23.9 Å². The van der Waals surface area contributed by atoms with Crippen molar-refractivity contribution in [3.8, 4) is 11.5 Å². The van der Waals surface area contributed by atoms with E-state index in [2.05, 4.69) is 10.6 Å². The van der Waals surface area contributed by atoms with Gasteiger partial charge in [-0.25, -0.2) is 0 Å². The molecule has 7 nitrogen and oxygen atoms in total. The van der Waals surface area contributed by atoms with Gasteiger partial charge >= 0.3 is 0 Å². The van der Waals surface area contributed by atoms with E-state index < -0.39 is 6.10 Å². The number of nitrogens with one attached hydrogen (secondary N) is 2. The Morgan fingerprint density at radius 2 is 1.78 bits per heavy atom. The fourth-order valence-electron chi connectivity index (χ4n) is 2.82. The summed E-state index contributed by atoms with van der Waals surface area (Å²) < 4.78 is 21.6. The third-order valence-corrected chi connectivity index (χ3v) is 4.17. The number of rotatable bonds is 4. The number of fused-ring (bicyclic) bond motifs is 1. The van der Waals surface area contributed by atoms with Crippen molar-refractivity contribution in [2.24, 2.45) is 0 Å². The summed E-state index contributed by atoms with van der Waals surface area (Å²) in [6, 6.07) is 5.33. The molecule has 8 heteroatoms. The van der Waals surface area contributed by atoms with E-state index in [-0.39, 0.29) is 18.2 Å². The molecule has 0 aromatic heterocycles. The van der Waals surface area contributed by atoms with Crippen molar-refractivity contribution < 1.29 is 24.1 Å². The number of thiocarbonyl (C=S) groups is 1. The molecule has 0 saturated carbocycles. The van der Waals surface area contributed by atoms with Gasteiger partial charge in [0.1, 0.15) is 29.8 Å². The average Bonchev–Trinajstić information content (AvgIpc) is 3.11. The van der Waals surface area contributed by atoms with Gasteiger partial charge in [-0.3, -0.25) is 0 Å². The van der Waals surface area contributed by atoms with Crippen molar-refractivity contribution in [2.75, 3.05) is 32.8 Å². The molecule has 0 spiro atoms. The third-order valence-electron chi connectivity index (χ3n) is 3.95. The van der Waals surface area contributed by atoms with Crippen molar-refractivity contribution in [3.05, 3.63) is 18.2 Å². The van der Waals surface area contributed by atoms with E-state index in [4.69, 9.17) is 31.2 Å². The van der Waals surface area contributed by atoms with Gasteiger partial charge < -0.3 is 34.7 Å². The van der Waals surface area contributed by atoms with Crippen LogP contribution in [0.3, 0.4) is 0 Å². The molecule has 2 aliphatic heterocycles. The number of aliphatic hydroxyl groups is 1. The summed E-state index contributed by atoms with van der Waals surface area (Å²) in [5.74, 6) is 1.34. The number of hydrogen-bond donors (Lipinski definition) is 3. The second kappa shape index (κ2) is 6.88. The first kappa shape index (κ1) is 16.3. The fraction of sp³-hybridized carbons (Fsp3) is 0.533. The van der Waals surface area contributed by atoms with Gasteiger partial charge in [-0.05, 0) is 12.2 Å². The van der Waals surface area contributed by atoms with E-state index in [1.807, 2.05) is 12.1 Å². The zero-order chi connectivity index (χ0) is 16.4. The zero-order valence-electron chi connectivity index (χ0n) is 12.9. The van der Waals surface area contributed by atoms with E-state index in [0.29, 0.717) is 29.8 Å². The standard InChI is InChI=1S/C15H20N2O5S/c1-19-9-3-8(4-10(5-9)20-2)16-15(23)17-11-6-21-14-12(18)7-22-13(11)14/h3-5,11-14,18H,6-7H2,1-2H3,(H2,16,17,23)/t11-,12+,13+,14+/m0/s1. The number of aliphatic hydroxyl groups excluding tert-OH is 1. The molecule has 2 saturated heterocycles. The molecule has 1 aromatic carbocycles. The van der Waals surface area contributed by atoms with E-state index >= 15 is 0 Å². The lowest BCUT2D eigenvalue weighted by molar-refractivity contribution is 0.0180. The number of methoxy groups -OCH3 is 2. The number of benzene rings is 1. The summed E-state index contributed by atoms with van der Waals surface area (Å²) >= 11 is 5.34. The normalized spacial score (nSPS) is 29.0. The molecule has 0 amide bonds. The van der Waals surface area contributed by atoms with Crippen LogP contribution in [0.2, 0.25) is 0 Å². The van der Waals surface area contributed by atoms with Crippen LogP contribution in [0.25, 0.3) is 0 Å². The van der Waals surface area contributed by atoms with Crippen LogP contribution in [-0.2, 0) is 9.47 Å². The fourth-order valence-corrected chi connectivity index (χ4v) is 3.09. The number of anilines is 1. The van der Waals surface area contributed by atoms with E-state index in [0.717, 1.165) is 5.69 Å². The first-order chi connectivity index (χ1) is 11.1. The maximum Gasteiger partial charge on any atom is 0.171 e. The highest BCUT2D eigenvalue weighted by atomic mass is 32.1. The van der Waals surface area contributed by atoms with Gasteiger partial charge in [-0.1, -0.05) is 0 Å². The number of hydrogen-bond acceptors (Lipinski definition) is 6. The Labute approximate surface area is 139 Å². The molecular weight excluding hydrogens is 320 g/mol. The second-order valence-electron chi connectivity index (χ2n) is 5.47. The Morgan fingerprint density at radius 1 is 1.13 bits per heavy atom. The third kappa shape index (κ3) is 3.50. The molecule has 4 atom stereocenters. The van der Waals surface area contributed by atoms with Crippen molar-refractivity contribution in [3.63, 3.8) is 0 Å². The van der Waals surface area contributed by atoms with Crippen molar-refractivity contribution in [1.29, 1.82) is 0 Å². The minimum atomic E-state index is -0.573. The Bertz CT molecular complexity index is 563. The van der Waals surface area contributed by atoms with Gasteiger partial charge in [0.2, 0.25) is 0 Å². The maximum absolute atomic E-state index is 9.75. The summed E-state index contributed by atoms with van der Waals surface area (Å²) in [4.78, 5) is 0. The molecule has 1 aromatic rings. The summed E-state index contributed by atoms with van der Waals surface area (Å²) in [7, 11) is 3.18. The first-order valence-electron chi connectivity index (χ1n) is 7.32. The zero-order valence-corrected chi connectivity index (χ0v) is 13.8. The molecular formula is C15H20N2O5S. The lowest BCUT2D eigenvalue weighted by atomic mass is 10.1. The highest BCUT2D eigenvalue weighted by Crippen LogP contribution is 2.28. The van der Waals surface area contributed by atoms with Crippen molar-refractivity contribution in [2.45, 2.75) is 24.4 Å². The van der Waals surface area contributed by atoms with Gasteiger partial charge in [0.05, 0.1) is 33.5 Å². The highest BCUT2D eigenvalue weighted by molar-refractivity contribution is 7.80. The van der Waals surface area contributed by atoms with Crippen LogP contribution in [0.4, 0.5) is 5.69 Å². The molecule has 0 bridgehead atoms. The number of ether oxygens (including phenoxy) is 4. The van der Waals surface area contributed by atoms with Crippen LogP contribution in [0.1, 0.15) is 0 Å². The topological polar surface area (TPSA) is 81.2 Å². The predicted molar refractivity (Wildman–Crippen MR) is 88.2 cm³/mol. The molecule has 3 rings (SSSR count). The molecule has 0 radical (unpaired) electrons. The van der Waals surface area contributed by atoms with Crippen LogP contribution < -0.4 is 20.1 Å². The summed E-state index contributed by atoms with van der Waals surface area (Å²) in [6.45, 7) is 0.733. The van der Waals surface area contributed by atoms with Gasteiger partial charge in [-0.2, -0.15) is 0 Å². The van der Waals surface area contributed by atoms with Gasteiger partial charge in [0.25, 0.3) is 0 Å². The molecule has 23 heavy (non-hydrogen) atoms. The molecule has 126 valence electrons. The quantitative estimate of drug-likeness (QED) is 0.685. The van der Waals surface area contributed by atoms with Crippen molar-refractivity contribution in [1.82, 2.24) is 5.32 Å². The molecule has 0 unspecified atom stereocenters. The SMILES string of the molecule is COc1cc(NC(=S)N[C@H]2CO[C@H]3[C@@H]2OC[C@H]3O)cc(OC)c1. The predicted octanol–water partition coefficient (Wildman–Crippen LogP) is 0.517. The maximum atomic E-state index is 9.75. The van der Waals surface area contributed by atoms with Crippen LogP contribution in [0, 0.1) is 0 Å². The Hall–Kier alpha value is -1.61. The van der Waals surface area contributed by atoms with Crippen molar-refractivity contribution >= 4 is 23.0 Å². The monoisotopic (exact) mass is 340 g/mol.